The first-order valence-corrected chi connectivity index (χ1v) is 13.0. The van der Waals surface area contributed by atoms with Gasteiger partial charge in [0.1, 0.15) is 5.69 Å². The zero-order valence-electron chi connectivity index (χ0n) is 19.0. The van der Waals surface area contributed by atoms with Crippen LogP contribution in [0.1, 0.15) is 35.3 Å². The number of carbonyl (C=O) groups excluding carboxylic acids is 2. The van der Waals surface area contributed by atoms with Gasteiger partial charge in [-0.1, -0.05) is 53.5 Å². The van der Waals surface area contributed by atoms with Crippen molar-refractivity contribution in [1.29, 1.82) is 0 Å². The summed E-state index contributed by atoms with van der Waals surface area (Å²) in [5.41, 5.74) is 2.01. The maximum atomic E-state index is 13.3. The summed E-state index contributed by atoms with van der Waals surface area (Å²) >= 11 is 13.4. The molecule has 1 saturated heterocycles. The number of nitrogens with one attached hydrogen (secondary N) is 2. The Morgan fingerprint density at radius 1 is 1.14 bits per heavy atom. The first-order chi connectivity index (χ1) is 17.0. The van der Waals surface area contributed by atoms with Gasteiger partial charge < -0.3 is 20.3 Å². The van der Waals surface area contributed by atoms with Gasteiger partial charge in [0, 0.05) is 43.7 Å². The fourth-order valence-corrected chi connectivity index (χ4v) is 4.71. The molecule has 7 nitrogen and oxygen atoms in total. The van der Waals surface area contributed by atoms with Crippen molar-refractivity contribution >= 4 is 57.2 Å². The molecule has 1 aliphatic rings. The van der Waals surface area contributed by atoms with Crippen molar-refractivity contribution in [3.8, 4) is 0 Å². The molecule has 0 bridgehead atoms. The Hall–Kier alpha value is -2.65. The minimum Gasteiger partial charge on any atom is -0.376 e. The summed E-state index contributed by atoms with van der Waals surface area (Å²) in [6.07, 6.45) is 2.26. The molecule has 3 aromatic rings. The second-order valence-electron chi connectivity index (χ2n) is 8.19. The van der Waals surface area contributed by atoms with Crippen LogP contribution >= 0.6 is 34.5 Å². The molecule has 0 spiro atoms. The minimum absolute atomic E-state index is 0.0810. The maximum Gasteiger partial charge on any atom is 0.273 e. The largest absolute Gasteiger partial charge is 0.376 e. The van der Waals surface area contributed by atoms with E-state index >= 15 is 0 Å². The molecule has 2 amide bonds. The first-order valence-electron chi connectivity index (χ1n) is 11.4. The average molecular weight is 533 g/mol. The van der Waals surface area contributed by atoms with Crippen LogP contribution < -0.4 is 10.6 Å². The van der Waals surface area contributed by atoms with Gasteiger partial charge in [-0.2, -0.15) is 0 Å². The predicted octanol–water partition coefficient (Wildman–Crippen LogP) is 5.52. The molecule has 1 aliphatic heterocycles. The van der Waals surface area contributed by atoms with E-state index < -0.39 is 0 Å². The number of nitrogens with zero attached hydrogens (tertiary/aromatic N) is 2. The molecule has 1 fully saturated rings. The van der Waals surface area contributed by atoms with Crippen LogP contribution in [0.3, 0.4) is 0 Å². The van der Waals surface area contributed by atoms with Gasteiger partial charge in [-0.15, -0.1) is 11.3 Å². The third-order valence-corrected chi connectivity index (χ3v) is 7.05. The van der Waals surface area contributed by atoms with Crippen molar-refractivity contribution in [2.45, 2.75) is 31.9 Å². The normalized spacial score (nSPS) is 15.1. The van der Waals surface area contributed by atoms with Gasteiger partial charge in [0.25, 0.3) is 5.91 Å². The summed E-state index contributed by atoms with van der Waals surface area (Å²) in [6, 6.07) is 14.9. The Bertz CT molecular complexity index is 1150. The fraction of sp³-hybridized carbons (Fsp3) is 0.320. The molecule has 0 aliphatic carbocycles. The van der Waals surface area contributed by atoms with Crippen molar-refractivity contribution in [3.05, 3.63) is 75.2 Å². The molecule has 2 N–H and O–H groups in total. The number of rotatable bonds is 10. The summed E-state index contributed by atoms with van der Waals surface area (Å²) in [5, 5.41) is 9.21. The van der Waals surface area contributed by atoms with E-state index in [4.69, 9.17) is 27.9 Å². The topological polar surface area (TPSA) is 83.6 Å². The highest BCUT2D eigenvalue weighted by Gasteiger charge is 2.21. The molecule has 184 valence electrons. The summed E-state index contributed by atoms with van der Waals surface area (Å²) in [5.74, 6) is -0.342. The molecule has 10 heteroatoms. The molecule has 1 unspecified atom stereocenters. The average Bonchev–Trinajstić information content (AvgIpc) is 3.55. The monoisotopic (exact) mass is 532 g/mol. The Morgan fingerprint density at radius 3 is 2.71 bits per heavy atom. The van der Waals surface area contributed by atoms with Crippen molar-refractivity contribution in [3.63, 3.8) is 0 Å². The highest BCUT2D eigenvalue weighted by atomic mass is 35.5. The molecule has 35 heavy (non-hydrogen) atoms. The van der Waals surface area contributed by atoms with E-state index in [9.17, 15) is 9.59 Å². The van der Waals surface area contributed by atoms with E-state index in [1.807, 2.05) is 30.3 Å². The zero-order valence-corrected chi connectivity index (χ0v) is 21.3. The van der Waals surface area contributed by atoms with Crippen molar-refractivity contribution in [2.24, 2.45) is 0 Å². The maximum absolute atomic E-state index is 13.3. The Labute approximate surface area is 218 Å². The summed E-state index contributed by atoms with van der Waals surface area (Å²) < 4.78 is 5.56. The summed E-state index contributed by atoms with van der Waals surface area (Å²) in [7, 11) is 0. The number of halogens is 2. The third-order valence-electron chi connectivity index (χ3n) is 5.56. The molecular formula is C25H26Cl2N4O3S. The molecule has 2 aromatic carbocycles. The van der Waals surface area contributed by atoms with Crippen molar-refractivity contribution in [2.75, 3.05) is 25.0 Å². The number of aromatic nitrogens is 1. The number of ether oxygens (including phenoxy) is 1. The molecule has 1 atom stereocenters. The van der Waals surface area contributed by atoms with Gasteiger partial charge in [0.05, 0.1) is 16.1 Å². The molecule has 0 radical (unpaired) electrons. The summed E-state index contributed by atoms with van der Waals surface area (Å²) in [6.45, 7) is 1.90. The zero-order chi connectivity index (χ0) is 24.6. The number of benzene rings is 2. The minimum atomic E-state index is -0.237. The number of amides is 2. The smallest absolute Gasteiger partial charge is 0.273 e. The lowest BCUT2D eigenvalue weighted by molar-refractivity contribution is -0.121. The van der Waals surface area contributed by atoms with E-state index in [2.05, 4.69) is 15.6 Å². The SMILES string of the molecule is O=C(CCN(Cc1ccccc1)C(=O)c1csc(Nc2ccc(Cl)c(Cl)c2)n1)NCC1CCCO1. The lowest BCUT2D eigenvalue weighted by atomic mass is 10.2. The molecular weight excluding hydrogens is 507 g/mol. The Balaban J connectivity index is 1.40. The van der Waals surface area contributed by atoms with Gasteiger partial charge in [-0.3, -0.25) is 9.59 Å². The number of hydrogen-bond acceptors (Lipinski definition) is 6. The van der Waals surface area contributed by atoms with E-state index in [1.54, 1.807) is 28.5 Å². The Kier molecular flexibility index (Phi) is 8.98. The quantitative estimate of drug-likeness (QED) is 0.359. The Morgan fingerprint density at radius 2 is 1.97 bits per heavy atom. The highest BCUT2D eigenvalue weighted by Crippen LogP contribution is 2.28. The van der Waals surface area contributed by atoms with Crippen LogP contribution in [-0.2, 0) is 16.1 Å². The van der Waals surface area contributed by atoms with Gasteiger partial charge in [-0.05, 0) is 36.6 Å². The van der Waals surface area contributed by atoms with Crippen molar-refractivity contribution < 1.29 is 14.3 Å². The van der Waals surface area contributed by atoms with Crippen LogP contribution in [0, 0.1) is 0 Å². The van der Waals surface area contributed by atoms with E-state index in [0.29, 0.717) is 34.0 Å². The summed E-state index contributed by atoms with van der Waals surface area (Å²) in [4.78, 5) is 31.9. The third kappa shape index (κ3) is 7.41. The van der Waals surface area contributed by atoms with Gasteiger partial charge in [0.2, 0.25) is 5.91 Å². The second-order valence-corrected chi connectivity index (χ2v) is 9.87. The van der Waals surface area contributed by atoms with Crippen LogP contribution in [0.15, 0.2) is 53.9 Å². The fourth-order valence-electron chi connectivity index (χ4n) is 3.70. The molecule has 2 heterocycles. The van der Waals surface area contributed by atoms with Crippen LogP contribution in [-0.4, -0.2) is 47.5 Å². The van der Waals surface area contributed by atoms with Crippen LogP contribution in [0.25, 0.3) is 0 Å². The number of anilines is 2. The second kappa shape index (κ2) is 12.4. The number of thiazole rings is 1. The lowest BCUT2D eigenvalue weighted by Crippen LogP contribution is -2.37. The van der Waals surface area contributed by atoms with Crippen LogP contribution in [0.4, 0.5) is 10.8 Å². The first kappa shape index (κ1) is 25.4. The molecule has 1 aromatic heterocycles. The lowest BCUT2D eigenvalue weighted by Gasteiger charge is -2.22. The van der Waals surface area contributed by atoms with Crippen molar-refractivity contribution in [1.82, 2.24) is 15.2 Å². The molecule has 4 rings (SSSR count). The van der Waals surface area contributed by atoms with Crippen LogP contribution in [0.2, 0.25) is 10.0 Å². The van der Waals surface area contributed by atoms with Crippen LogP contribution in [0.5, 0.6) is 0 Å². The van der Waals surface area contributed by atoms with Gasteiger partial charge in [0.15, 0.2) is 5.13 Å². The standard InChI is InChI=1S/C25H26Cl2N4O3S/c26-20-9-8-18(13-21(20)27)29-25-30-22(16-35-25)24(33)31(15-17-5-2-1-3-6-17)11-10-23(32)28-14-19-7-4-12-34-19/h1-3,5-6,8-9,13,16,19H,4,7,10-12,14-15H2,(H,28,32)(H,29,30). The number of hydrogen-bond donors (Lipinski definition) is 2. The van der Waals surface area contributed by atoms with Gasteiger partial charge >= 0.3 is 0 Å². The van der Waals surface area contributed by atoms with E-state index in [0.717, 1.165) is 30.7 Å². The molecule has 0 saturated carbocycles. The predicted molar refractivity (Wildman–Crippen MR) is 140 cm³/mol. The van der Waals surface area contributed by atoms with E-state index in [1.165, 1.54) is 11.3 Å². The van der Waals surface area contributed by atoms with Gasteiger partial charge in [-0.25, -0.2) is 4.98 Å². The van der Waals surface area contributed by atoms with E-state index in [-0.39, 0.29) is 30.9 Å². The number of carbonyl (C=O) groups is 2. The highest BCUT2D eigenvalue weighted by molar-refractivity contribution is 7.14.